The Morgan fingerprint density at radius 1 is 1.11 bits per heavy atom. The minimum Gasteiger partial charge on any atom is -0.331 e. The van der Waals surface area contributed by atoms with E-state index in [1.807, 2.05) is 49.4 Å². The summed E-state index contributed by atoms with van der Waals surface area (Å²) in [7, 11) is 0. The second kappa shape index (κ2) is 8.37. The van der Waals surface area contributed by atoms with Crippen molar-refractivity contribution < 1.29 is 4.79 Å². The number of aromatic nitrogens is 3. The van der Waals surface area contributed by atoms with Gasteiger partial charge in [0, 0.05) is 23.0 Å². The Morgan fingerprint density at radius 2 is 1.93 bits per heavy atom. The zero-order valence-corrected chi connectivity index (χ0v) is 16.7. The lowest BCUT2D eigenvalue weighted by Crippen LogP contribution is -2.28. The molecule has 2 amide bonds. The number of nitrogens with zero attached hydrogens (tertiary/aromatic N) is 3. The number of thiazole rings is 1. The van der Waals surface area contributed by atoms with Crippen molar-refractivity contribution in [3.8, 4) is 0 Å². The normalized spacial score (nSPS) is 10.8. The van der Waals surface area contributed by atoms with Crippen LogP contribution in [0.4, 0.5) is 10.5 Å². The van der Waals surface area contributed by atoms with E-state index < -0.39 is 0 Å². The van der Waals surface area contributed by atoms with Crippen LogP contribution in [0.3, 0.4) is 0 Å². The maximum Gasteiger partial charge on any atom is 0.319 e. The highest BCUT2D eigenvalue weighted by Crippen LogP contribution is 2.28. The average Bonchev–Trinajstić information content (AvgIpc) is 3.12. The van der Waals surface area contributed by atoms with Gasteiger partial charge in [-0.15, -0.1) is 11.3 Å². The zero-order valence-electron chi connectivity index (χ0n) is 15.0. The third-order valence-corrected chi connectivity index (χ3v) is 5.86. The van der Waals surface area contributed by atoms with Crippen LogP contribution in [-0.2, 0) is 6.54 Å². The minimum atomic E-state index is -0.255. The fourth-order valence-electron chi connectivity index (χ4n) is 2.60. The summed E-state index contributed by atoms with van der Waals surface area (Å²) < 4.78 is 1.12. The van der Waals surface area contributed by atoms with Crippen LogP contribution in [0.5, 0.6) is 0 Å². The molecule has 28 heavy (non-hydrogen) atoms. The summed E-state index contributed by atoms with van der Waals surface area (Å²) in [5, 5.41) is 7.32. The quantitative estimate of drug-likeness (QED) is 0.462. The van der Waals surface area contributed by atoms with Gasteiger partial charge in [-0.2, -0.15) is 0 Å². The molecule has 0 fully saturated rings. The monoisotopic (exact) mass is 407 g/mol. The summed E-state index contributed by atoms with van der Waals surface area (Å²) in [6, 6.07) is 15.3. The van der Waals surface area contributed by atoms with Gasteiger partial charge in [0.25, 0.3) is 0 Å². The molecule has 0 unspecified atom stereocenters. The van der Waals surface area contributed by atoms with Gasteiger partial charge in [-0.3, -0.25) is 0 Å². The lowest BCUT2D eigenvalue weighted by Gasteiger charge is -2.10. The van der Waals surface area contributed by atoms with E-state index in [9.17, 15) is 4.79 Å². The fourth-order valence-corrected chi connectivity index (χ4v) is 4.32. The van der Waals surface area contributed by atoms with Gasteiger partial charge >= 0.3 is 6.03 Å². The number of para-hydroxylation sites is 1. The van der Waals surface area contributed by atoms with Crippen molar-refractivity contribution >= 4 is 45.0 Å². The number of rotatable bonds is 5. The molecule has 2 N–H and O–H groups in total. The van der Waals surface area contributed by atoms with E-state index in [1.165, 1.54) is 11.8 Å². The maximum atomic E-state index is 12.3. The molecule has 2 aromatic carbocycles. The van der Waals surface area contributed by atoms with Crippen LogP contribution in [0, 0.1) is 6.92 Å². The summed E-state index contributed by atoms with van der Waals surface area (Å²) in [6.45, 7) is 2.35. The number of amides is 2. The van der Waals surface area contributed by atoms with Crippen LogP contribution < -0.4 is 10.6 Å². The molecule has 6 nitrogen and oxygen atoms in total. The van der Waals surface area contributed by atoms with Gasteiger partial charge in [0.1, 0.15) is 5.01 Å². The molecule has 0 aliphatic heterocycles. The van der Waals surface area contributed by atoms with E-state index in [-0.39, 0.29) is 6.03 Å². The molecule has 2 heterocycles. The number of carbonyl (C=O) groups excluding carboxylic acids is 1. The number of fused-ring (bicyclic) bond motifs is 1. The van der Waals surface area contributed by atoms with Crippen molar-refractivity contribution in [2.75, 3.05) is 5.32 Å². The predicted octanol–water partition coefficient (Wildman–Crippen LogP) is 4.87. The molecule has 0 spiro atoms. The number of carbonyl (C=O) groups is 1. The highest BCUT2D eigenvalue weighted by Gasteiger charge is 2.08. The van der Waals surface area contributed by atoms with Gasteiger partial charge in [0.15, 0.2) is 5.16 Å². The Hall–Kier alpha value is -2.97. The van der Waals surface area contributed by atoms with Gasteiger partial charge in [-0.25, -0.2) is 19.7 Å². The highest BCUT2D eigenvalue weighted by atomic mass is 32.2. The fraction of sp³-hybridized carbons (Fsp3) is 0.100. The second-order valence-electron chi connectivity index (χ2n) is 5.99. The second-order valence-corrected chi connectivity index (χ2v) is 8.15. The van der Waals surface area contributed by atoms with E-state index in [1.54, 1.807) is 29.8 Å². The predicted molar refractivity (Wildman–Crippen MR) is 113 cm³/mol. The number of nitrogens with one attached hydrogen (secondary N) is 2. The number of benzene rings is 2. The van der Waals surface area contributed by atoms with Crippen molar-refractivity contribution in [1.29, 1.82) is 0 Å². The number of hydrogen-bond acceptors (Lipinski definition) is 6. The topological polar surface area (TPSA) is 79.8 Å². The molecule has 8 heteroatoms. The Morgan fingerprint density at radius 3 is 2.71 bits per heavy atom. The molecular formula is C20H17N5OS2. The van der Waals surface area contributed by atoms with Crippen molar-refractivity contribution in [2.24, 2.45) is 0 Å². The number of hydrogen-bond donors (Lipinski definition) is 2. The molecular weight excluding hydrogens is 390 g/mol. The lowest BCUT2D eigenvalue weighted by molar-refractivity contribution is 0.251. The number of aryl methyl sites for hydroxylation is 1. The molecule has 2 aromatic heterocycles. The van der Waals surface area contributed by atoms with E-state index in [0.717, 1.165) is 31.4 Å². The summed E-state index contributed by atoms with van der Waals surface area (Å²) in [6.07, 6.45) is 3.43. The molecule has 0 radical (unpaired) electrons. The number of anilines is 1. The van der Waals surface area contributed by atoms with E-state index in [4.69, 9.17) is 0 Å². The van der Waals surface area contributed by atoms with Crippen molar-refractivity contribution in [3.05, 3.63) is 71.5 Å². The van der Waals surface area contributed by atoms with E-state index in [2.05, 4.69) is 25.6 Å². The van der Waals surface area contributed by atoms with Crippen molar-refractivity contribution in [3.63, 3.8) is 0 Å². The largest absolute Gasteiger partial charge is 0.331 e. The van der Waals surface area contributed by atoms with Gasteiger partial charge in [0.2, 0.25) is 0 Å². The average molecular weight is 408 g/mol. The SMILES string of the molecule is Cc1cc(Sc2ncccn2)ccc1NC(=O)NCc1nc2ccccc2s1. The standard InChI is InChI=1S/C20H17N5OS2/c1-13-11-14(27-20-21-9-4-10-22-20)7-8-15(13)25-19(26)23-12-18-24-16-5-2-3-6-17(16)28-18/h2-11H,12H2,1H3,(H2,23,25,26). The first-order valence-electron chi connectivity index (χ1n) is 8.62. The van der Waals surface area contributed by atoms with Crippen molar-refractivity contribution in [2.45, 2.75) is 23.5 Å². The van der Waals surface area contributed by atoms with E-state index in [0.29, 0.717) is 11.7 Å². The Bertz CT molecular complexity index is 1080. The molecule has 0 bridgehead atoms. The third kappa shape index (κ3) is 4.47. The summed E-state index contributed by atoms with van der Waals surface area (Å²) in [5.74, 6) is 0. The molecule has 140 valence electrons. The minimum absolute atomic E-state index is 0.255. The summed E-state index contributed by atoms with van der Waals surface area (Å²) in [5.41, 5.74) is 2.69. The molecule has 0 atom stereocenters. The molecule has 0 saturated heterocycles. The molecule has 4 rings (SSSR count). The first-order chi connectivity index (χ1) is 13.7. The van der Waals surface area contributed by atoms with Gasteiger partial charge < -0.3 is 10.6 Å². The van der Waals surface area contributed by atoms with E-state index >= 15 is 0 Å². The molecule has 4 aromatic rings. The smallest absolute Gasteiger partial charge is 0.319 e. The lowest BCUT2D eigenvalue weighted by atomic mass is 10.2. The van der Waals surface area contributed by atoms with Crippen LogP contribution in [0.2, 0.25) is 0 Å². The van der Waals surface area contributed by atoms with Gasteiger partial charge in [-0.1, -0.05) is 12.1 Å². The maximum absolute atomic E-state index is 12.3. The molecule has 0 saturated carbocycles. The van der Waals surface area contributed by atoms with Crippen LogP contribution in [0.25, 0.3) is 10.2 Å². The Labute approximate surface area is 170 Å². The molecule has 0 aliphatic rings. The zero-order chi connectivity index (χ0) is 19.3. The van der Waals surface area contributed by atoms with Crippen LogP contribution in [-0.4, -0.2) is 21.0 Å². The third-order valence-electron chi connectivity index (χ3n) is 3.94. The Kier molecular flexibility index (Phi) is 5.50. The molecule has 0 aliphatic carbocycles. The van der Waals surface area contributed by atoms with Gasteiger partial charge in [0.05, 0.1) is 16.8 Å². The summed E-state index contributed by atoms with van der Waals surface area (Å²) >= 11 is 3.06. The van der Waals surface area contributed by atoms with Crippen LogP contribution in [0.1, 0.15) is 10.6 Å². The first-order valence-corrected chi connectivity index (χ1v) is 10.3. The Balaban J connectivity index is 1.36. The van der Waals surface area contributed by atoms with Crippen LogP contribution in [0.15, 0.2) is 71.0 Å². The van der Waals surface area contributed by atoms with Gasteiger partial charge in [-0.05, 0) is 60.6 Å². The highest BCUT2D eigenvalue weighted by molar-refractivity contribution is 7.99. The van der Waals surface area contributed by atoms with Crippen molar-refractivity contribution in [1.82, 2.24) is 20.3 Å². The summed E-state index contributed by atoms with van der Waals surface area (Å²) in [4.78, 5) is 26.2. The number of urea groups is 1. The first kappa shape index (κ1) is 18.4. The van der Waals surface area contributed by atoms with Crippen LogP contribution >= 0.6 is 23.1 Å².